The minimum atomic E-state index is -2.39. The Balaban J connectivity index is 1.86. The van der Waals surface area contributed by atoms with Gasteiger partial charge in [0.1, 0.15) is 5.75 Å². The maximum Gasteiger partial charge on any atom is 0.333 e. The molecule has 1 fully saturated rings. The summed E-state index contributed by atoms with van der Waals surface area (Å²) in [5.74, 6) is -1.68. The average Bonchev–Trinajstić information content (AvgIpc) is 3.02. The summed E-state index contributed by atoms with van der Waals surface area (Å²) in [6.07, 6.45) is 1.51. The van der Waals surface area contributed by atoms with Crippen LogP contribution >= 0.6 is 0 Å². The van der Waals surface area contributed by atoms with Gasteiger partial charge in [-0.25, -0.2) is 13.9 Å². The summed E-state index contributed by atoms with van der Waals surface area (Å²) < 4.78 is 38.4. The molecule has 262 valence electrons. The Labute approximate surface area is 283 Å². The third-order valence-corrected chi connectivity index (χ3v) is 8.05. The molecule has 1 aliphatic heterocycles. The Morgan fingerprint density at radius 2 is 1.62 bits per heavy atom. The smallest absolute Gasteiger partial charge is 0.333 e. The summed E-state index contributed by atoms with van der Waals surface area (Å²) in [5, 5.41) is 2.83. The number of hydrogen-bond acceptors (Lipinski definition) is 9. The zero-order valence-corrected chi connectivity index (χ0v) is 29.0. The number of nitrogens with one attached hydrogen (secondary N) is 1. The van der Waals surface area contributed by atoms with Gasteiger partial charge < -0.3 is 19.5 Å². The number of hydrogen-bond donors (Lipinski definition) is 2. The Morgan fingerprint density at radius 1 is 1.00 bits per heavy atom. The highest BCUT2D eigenvalue weighted by Gasteiger charge is 2.35. The number of methoxy groups -OCH3 is 1. The summed E-state index contributed by atoms with van der Waals surface area (Å²) in [6, 6.07) is 9.13. The third kappa shape index (κ3) is 10.1. The molecular weight excluding hydrogens is 644 g/mol. The van der Waals surface area contributed by atoms with Crippen LogP contribution in [-0.4, -0.2) is 74.9 Å². The van der Waals surface area contributed by atoms with E-state index in [2.05, 4.69) is 5.32 Å². The second-order valence-electron chi connectivity index (χ2n) is 12.1. The molecule has 4 amide bonds. The van der Waals surface area contributed by atoms with Gasteiger partial charge in [0, 0.05) is 49.3 Å². The van der Waals surface area contributed by atoms with Crippen molar-refractivity contribution in [1.29, 1.82) is 0 Å². The van der Waals surface area contributed by atoms with E-state index in [1.165, 1.54) is 18.1 Å². The van der Waals surface area contributed by atoms with Crippen molar-refractivity contribution in [3.05, 3.63) is 53.1 Å². The van der Waals surface area contributed by atoms with Gasteiger partial charge in [-0.05, 0) is 48.1 Å². The first-order valence-electron chi connectivity index (χ1n) is 15.6. The molecule has 2 aromatic carbocycles. The van der Waals surface area contributed by atoms with Gasteiger partial charge in [-0.2, -0.15) is 4.31 Å². The van der Waals surface area contributed by atoms with E-state index in [1.807, 2.05) is 34.6 Å². The number of ether oxygens (including phenoxy) is 3. The van der Waals surface area contributed by atoms with E-state index in [-0.39, 0.29) is 44.6 Å². The van der Waals surface area contributed by atoms with Crippen molar-refractivity contribution in [3.63, 3.8) is 0 Å². The number of rotatable bonds is 15. The van der Waals surface area contributed by atoms with Crippen LogP contribution in [0.25, 0.3) is 0 Å². The van der Waals surface area contributed by atoms with Crippen LogP contribution < -0.4 is 15.0 Å². The lowest BCUT2D eigenvalue weighted by Gasteiger charge is -2.35. The van der Waals surface area contributed by atoms with Gasteiger partial charge in [0.25, 0.3) is 5.91 Å². The number of urea groups is 1. The number of imide groups is 1. The van der Waals surface area contributed by atoms with E-state index in [4.69, 9.17) is 14.2 Å². The normalized spacial score (nSPS) is 14.2. The van der Waals surface area contributed by atoms with Crippen molar-refractivity contribution in [2.75, 3.05) is 37.3 Å². The Morgan fingerprint density at radius 3 is 2.19 bits per heavy atom. The summed E-state index contributed by atoms with van der Waals surface area (Å²) in [6.45, 7) is 8.63. The van der Waals surface area contributed by atoms with Crippen molar-refractivity contribution in [2.24, 2.45) is 0 Å². The quantitative estimate of drug-likeness (QED) is 0.148. The van der Waals surface area contributed by atoms with E-state index in [0.29, 0.717) is 41.1 Å². The van der Waals surface area contributed by atoms with Crippen molar-refractivity contribution >= 4 is 52.4 Å². The predicted octanol–water partition coefficient (Wildman–Crippen LogP) is 4.94. The molecule has 0 aliphatic carbocycles. The summed E-state index contributed by atoms with van der Waals surface area (Å²) in [7, 11) is 1.45. The first kappa shape index (κ1) is 38.1. The molecule has 3 rings (SSSR count). The first-order valence-corrected chi connectivity index (χ1v) is 16.7. The second kappa shape index (κ2) is 17.2. The molecule has 0 saturated carbocycles. The molecule has 0 bridgehead atoms. The van der Waals surface area contributed by atoms with E-state index in [9.17, 15) is 32.7 Å². The van der Waals surface area contributed by atoms with Gasteiger partial charge in [0.15, 0.2) is 13.5 Å². The molecule has 1 atom stereocenters. The van der Waals surface area contributed by atoms with E-state index >= 15 is 0 Å². The topological polar surface area (TPSA) is 172 Å². The van der Waals surface area contributed by atoms with Crippen molar-refractivity contribution in [1.82, 2.24) is 9.21 Å². The van der Waals surface area contributed by atoms with Crippen LogP contribution in [0.2, 0.25) is 0 Å². The molecule has 1 unspecified atom stereocenters. The molecule has 0 radical (unpaired) electrons. The van der Waals surface area contributed by atoms with Gasteiger partial charge in [-0.15, -0.1) is 0 Å². The van der Waals surface area contributed by atoms with Crippen LogP contribution in [0.3, 0.4) is 0 Å². The summed E-state index contributed by atoms with van der Waals surface area (Å²) in [5.41, 5.74) is 1.67. The van der Waals surface area contributed by atoms with Gasteiger partial charge >= 0.3 is 18.0 Å². The molecule has 1 aliphatic rings. The van der Waals surface area contributed by atoms with Crippen molar-refractivity contribution in [2.45, 2.75) is 78.7 Å². The first-order chi connectivity index (χ1) is 22.7. The number of carbonyl (C=O) groups excluding carboxylic acids is 5. The Hall–Kier alpha value is -4.34. The highest BCUT2D eigenvalue weighted by molar-refractivity contribution is 7.76. The zero-order chi connectivity index (χ0) is 35.6. The molecule has 48 heavy (non-hydrogen) atoms. The highest BCUT2D eigenvalue weighted by Crippen LogP contribution is 2.39. The number of nitrogens with zero attached hydrogens (tertiary/aromatic N) is 3. The number of benzene rings is 2. The van der Waals surface area contributed by atoms with E-state index < -0.39 is 53.2 Å². The van der Waals surface area contributed by atoms with Crippen LogP contribution in [0.1, 0.15) is 88.2 Å². The molecule has 0 aromatic heterocycles. The maximum atomic E-state index is 13.8. The lowest BCUT2D eigenvalue weighted by Crippen LogP contribution is -2.53. The lowest BCUT2D eigenvalue weighted by molar-refractivity contribution is -0.151. The van der Waals surface area contributed by atoms with Crippen LogP contribution in [0.4, 0.5) is 16.2 Å². The van der Waals surface area contributed by atoms with Crippen LogP contribution in [-0.2, 0) is 47.1 Å². The Bertz CT molecular complexity index is 1520. The second-order valence-corrected chi connectivity index (χ2v) is 13.1. The van der Waals surface area contributed by atoms with Crippen LogP contribution in [0.15, 0.2) is 36.4 Å². The zero-order valence-electron chi connectivity index (χ0n) is 28.2. The summed E-state index contributed by atoms with van der Waals surface area (Å²) in [4.78, 5) is 65.7. The van der Waals surface area contributed by atoms with Crippen LogP contribution in [0, 0.1) is 0 Å². The fraction of sp³-hybridized carbons (Fsp3) is 0.485. The number of anilines is 2. The fourth-order valence-corrected chi connectivity index (χ4v) is 5.25. The summed E-state index contributed by atoms with van der Waals surface area (Å²) >= 11 is -2.39. The molecular formula is C33H44N4O10S. The minimum Gasteiger partial charge on any atom is -0.496 e. The SMILES string of the molecule is CCCC(=O)OCN1C(=O)CCN(c2cc(C(=O)Nc3ccc(CN(COC(=O)CCC)S(=O)O)cc3)c(OC)c(C(C)(C)C)c2)C1=O. The molecule has 2 aromatic rings. The minimum absolute atomic E-state index is 0.00272. The molecule has 0 spiro atoms. The van der Waals surface area contributed by atoms with Gasteiger partial charge in [-0.1, -0.05) is 46.8 Å². The predicted molar refractivity (Wildman–Crippen MR) is 178 cm³/mol. The van der Waals surface area contributed by atoms with Gasteiger partial charge in [0.2, 0.25) is 17.2 Å². The van der Waals surface area contributed by atoms with E-state index in [1.54, 1.807) is 30.3 Å². The average molecular weight is 689 g/mol. The number of amides is 4. The van der Waals surface area contributed by atoms with Gasteiger partial charge in [-0.3, -0.25) is 28.6 Å². The van der Waals surface area contributed by atoms with Crippen molar-refractivity contribution in [3.8, 4) is 5.75 Å². The molecule has 1 heterocycles. The third-order valence-electron chi connectivity index (χ3n) is 7.38. The van der Waals surface area contributed by atoms with E-state index in [0.717, 1.165) is 9.21 Å². The largest absolute Gasteiger partial charge is 0.496 e. The number of carbonyl (C=O) groups is 5. The number of esters is 2. The monoisotopic (exact) mass is 688 g/mol. The van der Waals surface area contributed by atoms with Gasteiger partial charge in [0.05, 0.1) is 12.7 Å². The molecule has 14 nitrogen and oxygen atoms in total. The highest BCUT2D eigenvalue weighted by atomic mass is 32.2. The Kier molecular flexibility index (Phi) is 13.6. The molecule has 15 heteroatoms. The fourth-order valence-electron chi connectivity index (χ4n) is 4.85. The lowest BCUT2D eigenvalue weighted by atomic mass is 9.84. The molecule has 2 N–H and O–H groups in total. The standard InChI is InChI=1S/C33H44N4O10S/c1-7-9-28(39)46-20-35(48(43)44)19-22-11-13-23(14-12-22)34-31(41)25-17-24(18-26(30(25)45-6)33(3,4)5)36-16-15-27(38)37(32(36)42)21-47-29(40)10-8-2/h11-14,17-18H,7-10,15-16,19-21H2,1-6H3,(H,34,41)(H,43,44). The van der Waals surface area contributed by atoms with Crippen molar-refractivity contribution < 1.29 is 46.9 Å². The van der Waals surface area contributed by atoms with Crippen LogP contribution in [0.5, 0.6) is 5.75 Å². The molecule has 1 saturated heterocycles. The maximum absolute atomic E-state index is 13.8.